The molecule has 4 rings (SSSR count). The third-order valence-corrected chi connectivity index (χ3v) is 7.98. The smallest absolute Gasteiger partial charge is 0.264 e. The summed E-state index contributed by atoms with van der Waals surface area (Å²) in [6.45, 7) is 1.22. The Bertz CT molecular complexity index is 1630. The van der Waals surface area contributed by atoms with Crippen LogP contribution < -0.4 is 19.8 Å². The van der Waals surface area contributed by atoms with Gasteiger partial charge in [0.15, 0.2) is 6.61 Å². The van der Waals surface area contributed by atoms with Gasteiger partial charge in [-0.1, -0.05) is 57.9 Å². The zero-order valence-corrected chi connectivity index (χ0v) is 24.4. The number of carbonyl (C=O) groups is 2. The minimum atomic E-state index is -4.04. The van der Waals surface area contributed by atoms with Crippen LogP contribution in [0.25, 0.3) is 0 Å². The van der Waals surface area contributed by atoms with Gasteiger partial charge >= 0.3 is 0 Å². The van der Waals surface area contributed by atoms with E-state index in [2.05, 4.69) is 31.8 Å². The number of anilines is 2. The second-order valence-corrected chi connectivity index (χ2v) is 11.6. The van der Waals surface area contributed by atoms with Crippen LogP contribution in [0, 0.1) is 6.92 Å². The highest BCUT2D eigenvalue weighted by Crippen LogP contribution is 2.26. The summed E-state index contributed by atoms with van der Waals surface area (Å²) in [5.74, 6) is -0.424. The number of nitrogens with zero attached hydrogens (tertiary/aromatic N) is 2. The third-order valence-electron chi connectivity index (χ3n) is 5.70. The Kier molecular flexibility index (Phi) is 9.88. The summed E-state index contributed by atoms with van der Waals surface area (Å²) in [5, 5.41) is 6.70. The molecule has 0 spiro atoms. The van der Waals surface area contributed by atoms with E-state index in [-0.39, 0.29) is 17.4 Å². The Morgan fingerprint density at radius 2 is 1.61 bits per heavy atom. The maximum atomic E-state index is 13.5. The zero-order chi connectivity index (χ0) is 29.2. The number of amides is 2. The molecule has 0 unspecified atom stereocenters. The Balaban J connectivity index is 1.36. The number of aryl methyl sites for hydroxylation is 1. The van der Waals surface area contributed by atoms with Crippen molar-refractivity contribution in [2.24, 2.45) is 5.10 Å². The van der Waals surface area contributed by atoms with Crippen molar-refractivity contribution in [3.63, 3.8) is 0 Å². The minimum absolute atomic E-state index is 0.0687. The lowest BCUT2D eigenvalue weighted by Gasteiger charge is -2.24. The molecule has 2 N–H and O–H groups in total. The summed E-state index contributed by atoms with van der Waals surface area (Å²) >= 11 is 3.36. The zero-order valence-electron chi connectivity index (χ0n) is 22.0. The summed E-state index contributed by atoms with van der Waals surface area (Å²) in [7, 11) is -4.04. The quantitative estimate of drug-likeness (QED) is 0.175. The molecule has 0 aromatic heterocycles. The van der Waals surface area contributed by atoms with Gasteiger partial charge in [0.05, 0.1) is 16.8 Å². The normalized spacial score (nSPS) is 11.2. The SMILES string of the molecule is Cc1ccc(S(=O)(=O)N(CC(=O)N/N=C\c2ccc(OCC(=O)Nc3ccccc3)cc2)c2cccc(Br)c2)cc1. The van der Waals surface area contributed by atoms with Crippen molar-refractivity contribution in [2.75, 3.05) is 22.8 Å². The molecule has 0 saturated heterocycles. The lowest BCUT2D eigenvalue weighted by Crippen LogP contribution is -2.39. The van der Waals surface area contributed by atoms with Gasteiger partial charge in [0.1, 0.15) is 12.3 Å². The predicted molar refractivity (Wildman–Crippen MR) is 163 cm³/mol. The summed E-state index contributed by atoms with van der Waals surface area (Å²) < 4.78 is 34.1. The molecule has 0 aliphatic rings. The van der Waals surface area contributed by atoms with Crippen LogP contribution in [0.3, 0.4) is 0 Å². The highest BCUT2D eigenvalue weighted by molar-refractivity contribution is 9.10. The standard InChI is InChI=1S/C30H27BrN4O5S/c1-22-10-16-28(17-11-22)41(38,39)35(26-9-5-6-24(31)18-26)20-29(36)34-32-19-23-12-14-27(15-13-23)40-21-30(37)33-25-7-3-2-4-8-25/h2-19H,20-21H2,1H3,(H,33,37)(H,34,36)/b32-19-. The number of carbonyl (C=O) groups excluding carboxylic acids is 2. The molecule has 4 aromatic carbocycles. The molecule has 0 bridgehead atoms. The Labute approximate surface area is 247 Å². The summed E-state index contributed by atoms with van der Waals surface area (Å²) in [6, 6.07) is 28.9. The largest absolute Gasteiger partial charge is 0.484 e. The predicted octanol–water partition coefficient (Wildman–Crippen LogP) is 5.12. The number of benzene rings is 4. The first kappa shape index (κ1) is 29.5. The molecular formula is C30H27BrN4O5S. The van der Waals surface area contributed by atoms with Gasteiger partial charge in [0.2, 0.25) is 0 Å². The van der Waals surface area contributed by atoms with E-state index in [1.54, 1.807) is 72.8 Å². The number of halogens is 1. The van der Waals surface area contributed by atoms with Crippen LogP contribution in [0.4, 0.5) is 11.4 Å². The van der Waals surface area contributed by atoms with E-state index >= 15 is 0 Å². The van der Waals surface area contributed by atoms with Gasteiger partial charge in [-0.15, -0.1) is 0 Å². The lowest BCUT2D eigenvalue weighted by atomic mass is 10.2. The van der Waals surface area contributed by atoms with Crippen LogP contribution in [0.1, 0.15) is 11.1 Å². The van der Waals surface area contributed by atoms with E-state index in [0.29, 0.717) is 27.2 Å². The number of hydrazone groups is 1. The summed E-state index contributed by atoms with van der Waals surface area (Å²) in [6.07, 6.45) is 1.42. The lowest BCUT2D eigenvalue weighted by molar-refractivity contribution is -0.119. The molecular weight excluding hydrogens is 608 g/mol. The third kappa shape index (κ3) is 8.50. The first-order valence-electron chi connectivity index (χ1n) is 12.5. The van der Waals surface area contributed by atoms with Crippen molar-refractivity contribution in [3.05, 3.63) is 119 Å². The Hall–Kier alpha value is -4.48. The molecule has 0 atom stereocenters. The van der Waals surface area contributed by atoms with Gasteiger partial charge in [-0.2, -0.15) is 5.10 Å². The summed E-state index contributed by atoms with van der Waals surface area (Å²) in [4.78, 5) is 24.9. The van der Waals surface area contributed by atoms with Gasteiger partial charge in [-0.25, -0.2) is 13.8 Å². The first-order chi connectivity index (χ1) is 19.7. The second-order valence-electron chi connectivity index (χ2n) is 8.87. The molecule has 9 nitrogen and oxygen atoms in total. The molecule has 0 fully saturated rings. The van der Waals surface area contributed by atoms with Crippen molar-refractivity contribution >= 4 is 55.4 Å². The fraction of sp³-hybridized carbons (Fsp3) is 0.100. The highest BCUT2D eigenvalue weighted by Gasteiger charge is 2.27. The van der Waals surface area contributed by atoms with Crippen LogP contribution in [0.2, 0.25) is 0 Å². The van der Waals surface area contributed by atoms with Gasteiger partial charge in [-0.05, 0) is 79.2 Å². The molecule has 41 heavy (non-hydrogen) atoms. The van der Waals surface area contributed by atoms with Crippen molar-refractivity contribution in [1.82, 2.24) is 5.43 Å². The van der Waals surface area contributed by atoms with Crippen LogP contribution in [0.15, 0.2) is 118 Å². The average Bonchev–Trinajstić information content (AvgIpc) is 2.96. The molecule has 0 aliphatic heterocycles. The van der Waals surface area contributed by atoms with Crippen LogP contribution in [0.5, 0.6) is 5.75 Å². The highest BCUT2D eigenvalue weighted by atomic mass is 79.9. The van der Waals surface area contributed by atoms with Crippen LogP contribution >= 0.6 is 15.9 Å². The Morgan fingerprint density at radius 3 is 2.29 bits per heavy atom. The number of nitrogens with one attached hydrogen (secondary N) is 2. The molecule has 11 heteroatoms. The van der Waals surface area contributed by atoms with E-state index in [1.807, 2.05) is 25.1 Å². The van der Waals surface area contributed by atoms with Crippen molar-refractivity contribution in [3.8, 4) is 5.75 Å². The Morgan fingerprint density at radius 1 is 0.902 bits per heavy atom. The number of hydrogen-bond acceptors (Lipinski definition) is 6. The van der Waals surface area contributed by atoms with E-state index in [9.17, 15) is 18.0 Å². The van der Waals surface area contributed by atoms with Gasteiger partial charge < -0.3 is 10.1 Å². The monoisotopic (exact) mass is 634 g/mol. The van der Waals surface area contributed by atoms with Gasteiger partial charge in [0.25, 0.3) is 21.8 Å². The van der Waals surface area contributed by atoms with Crippen LogP contribution in [-0.4, -0.2) is 39.6 Å². The average molecular weight is 636 g/mol. The van der Waals surface area contributed by atoms with E-state index < -0.39 is 22.5 Å². The van der Waals surface area contributed by atoms with Gasteiger partial charge in [-0.3, -0.25) is 13.9 Å². The topological polar surface area (TPSA) is 117 Å². The second kappa shape index (κ2) is 13.7. The first-order valence-corrected chi connectivity index (χ1v) is 14.7. The van der Waals surface area contributed by atoms with Crippen LogP contribution in [-0.2, 0) is 19.6 Å². The number of sulfonamides is 1. The molecule has 0 radical (unpaired) electrons. The summed E-state index contributed by atoms with van der Waals surface area (Å²) in [5.41, 5.74) is 4.96. The van der Waals surface area contributed by atoms with E-state index in [1.165, 1.54) is 18.3 Å². The fourth-order valence-electron chi connectivity index (χ4n) is 3.65. The number of para-hydroxylation sites is 1. The molecule has 0 saturated carbocycles. The molecule has 4 aromatic rings. The molecule has 0 aliphatic carbocycles. The van der Waals surface area contributed by atoms with E-state index in [0.717, 1.165) is 9.87 Å². The van der Waals surface area contributed by atoms with Crippen molar-refractivity contribution in [2.45, 2.75) is 11.8 Å². The number of rotatable bonds is 11. The number of hydrogen-bond donors (Lipinski definition) is 2. The maximum Gasteiger partial charge on any atom is 0.264 e. The molecule has 210 valence electrons. The molecule has 0 heterocycles. The maximum absolute atomic E-state index is 13.5. The minimum Gasteiger partial charge on any atom is -0.484 e. The number of ether oxygens (including phenoxy) is 1. The van der Waals surface area contributed by atoms with Crippen molar-refractivity contribution in [1.29, 1.82) is 0 Å². The fourth-order valence-corrected chi connectivity index (χ4v) is 5.45. The molecule has 2 amide bonds. The van der Waals surface area contributed by atoms with Crippen molar-refractivity contribution < 1.29 is 22.7 Å². The van der Waals surface area contributed by atoms with E-state index in [4.69, 9.17) is 4.74 Å². The van der Waals surface area contributed by atoms with Gasteiger partial charge in [0, 0.05) is 10.2 Å².